The highest BCUT2D eigenvalue weighted by Gasteiger charge is 2.22. The minimum atomic E-state index is -0.355. The van der Waals surface area contributed by atoms with Gasteiger partial charge in [0.2, 0.25) is 5.89 Å². The Balaban J connectivity index is 1.52. The molecular formula is C20H27FN4O3. The first-order chi connectivity index (χ1) is 13.5. The summed E-state index contributed by atoms with van der Waals surface area (Å²) in [6, 6.07) is 6.47. The molecule has 2 N–H and O–H groups in total. The Hall–Kier alpha value is -2.45. The molecule has 1 saturated heterocycles. The number of amides is 1. The number of piperazine rings is 1. The average Bonchev–Trinajstić information content (AvgIpc) is 3.15. The standard InChI is InChI=1S/C20H27FN4O3/c1-14(2)16(12-26)23-20(27)17-13-28-19(22-17)11-24-7-9-25(10-8-24)18-6-4-3-5-15(18)21/h3-6,13-14,16,26H,7-12H2,1-2H3,(H,23,27)/t16-/m0/s1. The number of benzene rings is 1. The SMILES string of the molecule is CC(C)[C@H](CO)NC(=O)c1coc(CN2CCN(c3ccccc3F)CC2)n1. The summed E-state index contributed by atoms with van der Waals surface area (Å²) in [5.41, 5.74) is 0.833. The smallest absolute Gasteiger partial charge is 0.273 e. The summed E-state index contributed by atoms with van der Waals surface area (Å²) in [7, 11) is 0. The van der Waals surface area contributed by atoms with Gasteiger partial charge in [-0.3, -0.25) is 9.69 Å². The number of hydrogen-bond donors (Lipinski definition) is 2. The van der Waals surface area contributed by atoms with Crippen LogP contribution in [-0.4, -0.2) is 59.7 Å². The van der Waals surface area contributed by atoms with Crippen molar-refractivity contribution in [2.45, 2.75) is 26.4 Å². The van der Waals surface area contributed by atoms with Crippen molar-refractivity contribution in [2.24, 2.45) is 5.92 Å². The van der Waals surface area contributed by atoms with Gasteiger partial charge in [0.25, 0.3) is 5.91 Å². The topological polar surface area (TPSA) is 81.8 Å². The second-order valence-corrected chi connectivity index (χ2v) is 7.35. The molecule has 1 aliphatic rings. The number of carbonyl (C=O) groups is 1. The van der Waals surface area contributed by atoms with Crippen molar-refractivity contribution >= 4 is 11.6 Å². The van der Waals surface area contributed by atoms with E-state index in [-0.39, 0.29) is 36.0 Å². The number of aliphatic hydroxyl groups excluding tert-OH is 1. The molecule has 1 aliphatic heterocycles. The summed E-state index contributed by atoms with van der Waals surface area (Å²) in [6.45, 7) is 7.14. The molecule has 0 spiro atoms. The van der Waals surface area contributed by atoms with Gasteiger partial charge < -0.3 is 19.7 Å². The lowest BCUT2D eigenvalue weighted by Gasteiger charge is -2.35. The molecule has 2 heterocycles. The molecule has 0 radical (unpaired) electrons. The van der Waals surface area contributed by atoms with Gasteiger partial charge in [0.1, 0.15) is 12.1 Å². The van der Waals surface area contributed by atoms with Crippen LogP contribution in [-0.2, 0) is 6.54 Å². The highest BCUT2D eigenvalue weighted by Crippen LogP contribution is 2.20. The van der Waals surface area contributed by atoms with Gasteiger partial charge >= 0.3 is 0 Å². The van der Waals surface area contributed by atoms with E-state index in [4.69, 9.17) is 4.42 Å². The number of anilines is 1. The van der Waals surface area contributed by atoms with E-state index in [0.29, 0.717) is 31.2 Å². The first-order valence-corrected chi connectivity index (χ1v) is 9.56. The molecule has 1 atom stereocenters. The molecule has 1 aromatic heterocycles. The average molecular weight is 390 g/mol. The molecule has 0 bridgehead atoms. The largest absolute Gasteiger partial charge is 0.447 e. The minimum absolute atomic E-state index is 0.117. The number of nitrogens with one attached hydrogen (secondary N) is 1. The molecule has 3 rings (SSSR count). The normalized spacial score (nSPS) is 16.4. The molecule has 1 aromatic carbocycles. The number of nitrogens with zero attached hydrogens (tertiary/aromatic N) is 3. The number of aliphatic hydroxyl groups is 1. The maximum atomic E-state index is 13.9. The Labute approximate surface area is 164 Å². The van der Waals surface area contributed by atoms with Crippen molar-refractivity contribution in [3.8, 4) is 0 Å². The van der Waals surface area contributed by atoms with Crippen LogP contribution in [0.2, 0.25) is 0 Å². The lowest BCUT2D eigenvalue weighted by molar-refractivity contribution is 0.0891. The minimum Gasteiger partial charge on any atom is -0.447 e. The third-order valence-electron chi connectivity index (χ3n) is 5.03. The van der Waals surface area contributed by atoms with Crippen LogP contribution >= 0.6 is 0 Å². The zero-order chi connectivity index (χ0) is 20.1. The van der Waals surface area contributed by atoms with Gasteiger partial charge in [-0.05, 0) is 18.1 Å². The Kier molecular flexibility index (Phi) is 6.64. The van der Waals surface area contributed by atoms with Crippen molar-refractivity contribution in [3.05, 3.63) is 47.9 Å². The molecule has 0 saturated carbocycles. The Morgan fingerprint density at radius 1 is 1.29 bits per heavy atom. The van der Waals surface area contributed by atoms with Gasteiger partial charge in [-0.25, -0.2) is 9.37 Å². The summed E-state index contributed by atoms with van der Waals surface area (Å²) in [4.78, 5) is 20.7. The number of aromatic nitrogens is 1. The zero-order valence-corrected chi connectivity index (χ0v) is 16.3. The van der Waals surface area contributed by atoms with Crippen molar-refractivity contribution in [1.82, 2.24) is 15.2 Å². The fourth-order valence-electron chi connectivity index (χ4n) is 3.20. The third kappa shape index (κ3) is 4.88. The fourth-order valence-corrected chi connectivity index (χ4v) is 3.20. The highest BCUT2D eigenvalue weighted by atomic mass is 19.1. The Bertz CT molecular complexity index is 787. The van der Waals surface area contributed by atoms with E-state index < -0.39 is 0 Å². The molecule has 1 amide bonds. The molecule has 8 heteroatoms. The van der Waals surface area contributed by atoms with E-state index >= 15 is 0 Å². The number of hydrogen-bond acceptors (Lipinski definition) is 6. The zero-order valence-electron chi connectivity index (χ0n) is 16.3. The first-order valence-electron chi connectivity index (χ1n) is 9.56. The number of para-hydroxylation sites is 1. The van der Waals surface area contributed by atoms with E-state index in [1.807, 2.05) is 24.8 Å². The lowest BCUT2D eigenvalue weighted by atomic mass is 10.1. The molecule has 28 heavy (non-hydrogen) atoms. The molecule has 1 fully saturated rings. The Morgan fingerprint density at radius 2 is 2.00 bits per heavy atom. The van der Waals surface area contributed by atoms with E-state index in [1.165, 1.54) is 12.3 Å². The van der Waals surface area contributed by atoms with Crippen LogP contribution in [0.15, 0.2) is 34.9 Å². The van der Waals surface area contributed by atoms with Crippen molar-refractivity contribution < 1.29 is 18.7 Å². The number of carbonyl (C=O) groups excluding carboxylic acids is 1. The number of oxazole rings is 1. The fraction of sp³-hybridized carbons (Fsp3) is 0.500. The number of halogens is 1. The quantitative estimate of drug-likeness (QED) is 0.751. The summed E-state index contributed by atoms with van der Waals surface area (Å²) < 4.78 is 19.4. The monoisotopic (exact) mass is 390 g/mol. The highest BCUT2D eigenvalue weighted by molar-refractivity contribution is 5.92. The predicted octanol–water partition coefficient (Wildman–Crippen LogP) is 1.88. The van der Waals surface area contributed by atoms with Crippen LogP contribution in [0.1, 0.15) is 30.2 Å². The van der Waals surface area contributed by atoms with Crippen molar-refractivity contribution in [3.63, 3.8) is 0 Å². The van der Waals surface area contributed by atoms with Crippen LogP contribution in [0.4, 0.5) is 10.1 Å². The number of rotatable bonds is 7. The summed E-state index contributed by atoms with van der Waals surface area (Å²) in [5, 5.41) is 12.1. The van der Waals surface area contributed by atoms with Crippen LogP contribution in [0.5, 0.6) is 0 Å². The van der Waals surface area contributed by atoms with Crippen LogP contribution < -0.4 is 10.2 Å². The van der Waals surface area contributed by atoms with Gasteiger partial charge in [-0.1, -0.05) is 26.0 Å². The summed E-state index contributed by atoms with van der Waals surface area (Å²) >= 11 is 0. The molecular weight excluding hydrogens is 363 g/mol. The van der Waals surface area contributed by atoms with E-state index in [9.17, 15) is 14.3 Å². The van der Waals surface area contributed by atoms with Gasteiger partial charge in [0.05, 0.1) is 24.9 Å². The lowest BCUT2D eigenvalue weighted by Crippen LogP contribution is -2.46. The van der Waals surface area contributed by atoms with Gasteiger partial charge in [0.15, 0.2) is 5.69 Å². The molecule has 152 valence electrons. The van der Waals surface area contributed by atoms with E-state index in [2.05, 4.69) is 15.2 Å². The molecule has 2 aromatic rings. The summed E-state index contributed by atoms with van der Waals surface area (Å²) in [5.74, 6) is 0.0228. The second-order valence-electron chi connectivity index (χ2n) is 7.35. The molecule has 0 aliphatic carbocycles. The maximum absolute atomic E-state index is 13.9. The summed E-state index contributed by atoms with van der Waals surface area (Å²) in [6.07, 6.45) is 1.34. The third-order valence-corrected chi connectivity index (χ3v) is 5.03. The van der Waals surface area contributed by atoms with Gasteiger partial charge in [0, 0.05) is 26.2 Å². The van der Waals surface area contributed by atoms with Crippen molar-refractivity contribution in [2.75, 3.05) is 37.7 Å². The van der Waals surface area contributed by atoms with Crippen molar-refractivity contribution in [1.29, 1.82) is 0 Å². The first kappa shape index (κ1) is 20.3. The second kappa shape index (κ2) is 9.16. The van der Waals surface area contributed by atoms with Gasteiger partial charge in [-0.15, -0.1) is 0 Å². The van der Waals surface area contributed by atoms with Crippen LogP contribution in [0, 0.1) is 11.7 Å². The van der Waals surface area contributed by atoms with E-state index in [1.54, 1.807) is 12.1 Å². The predicted molar refractivity (Wildman–Crippen MR) is 104 cm³/mol. The molecule has 7 nitrogen and oxygen atoms in total. The molecule has 0 unspecified atom stereocenters. The van der Waals surface area contributed by atoms with Crippen LogP contribution in [0.3, 0.4) is 0 Å². The Morgan fingerprint density at radius 3 is 2.64 bits per heavy atom. The maximum Gasteiger partial charge on any atom is 0.273 e. The van der Waals surface area contributed by atoms with Gasteiger partial charge in [-0.2, -0.15) is 0 Å². The van der Waals surface area contributed by atoms with Crippen LogP contribution in [0.25, 0.3) is 0 Å². The van der Waals surface area contributed by atoms with E-state index in [0.717, 1.165) is 13.1 Å².